The van der Waals surface area contributed by atoms with Crippen LogP contribution in [0, 0.1) is 0 Å². The smallest absolute Gasteiger partial charge is 0.105 e. The number of hydrogen-bond donors (Lipinski definition) is 1. The van der Waals surface area contributed by atoms with Gasteiger partial charge in [0.15, 0.2) is 0 Å². The van der Waals surface area contributed by atoms with Crippen LogP contribution in [0.2, 0.25) is 0 Å². The summed E-state index contributed by atoms with van der Waals surface area (Å²) in [5.41, 5.74) is -0.0310. The molecule has 3 heteroatoms. The second-order valence-corrected chi connectivity index (χ2v) is 4.03. The highest BCUT2D eigenvalue weighted by Gasteiger charge is 2.48. The van der Waals surface area contributed by atoms with Crippen molar-refractivity contribution in [3.8, 4) is 0 Å². The molecule has 0 aromatic carbocycles. The molecule has 0 spiro atoms. The first-order valence-corrected chi connectivity index (χ1v) is 4.76. The Kier molecular flexibility index (Phi) is 2.09. The number of fused-ring (bicyclic) bond motifs is 1. The topological polar surface area (TPSA) is 23.5 Å². The van der Waals surface area contributed by atoms with Gasteiger partial charge >= 0.3 is 0 Å². The Morgan fingerprint density at radius 2 is 2.33 bits per heavy atom. The first-order valence-electron chi connectivity index (χ1n) is 4.76. The average molecular weight is 173 g/mol. The molecule has 12 heavy (non-hydrogen) atoms. The molecule has 2 aliphatic rings. The molecule has 2 fully saturated rings. The number of nitrogens with zero attached hydrogens (tertiary/aromatic N) is 1. The normalized spacial score (nSPS) is 42.0. The van der Waals surface area contributed by atoms with Crippen molar-refractivity contribution in [2.45, 2.75) is 37.3 Å². The van der Waals surface area contributed by atoms with E-state index in [1.54, 1.807) is 0 Å². The monoisotopic (exact) mass is 173 g/mol. The van der Waals surface area contributed by atoms with Gasteiger partial charge in [-0.15, -0.1) is 0 Å². The maximum absolute atomic E-state index is 12.5. The minimum Gasteiger partial charge on any atom is -0.394 e. The lowest BCUT2D eigenvalue weighted by Gasteiger charge is -2.32. The zero-order valence-corrected chi connectivity index (χ0v) is 7.30. The highest BCUT2D eigenvalue weighted by atomic mass is 19.1. The van der Waals surface area contributed by atoms with Gasteiger partial charge in [0.05, 0.1) is 6.61 Å². The third-order valence-electron chi connectivity index (χ3n) is 3.51. The van der Waals surface area contributed by atoms with Crippen molar-refractivity contribution in [3.63, 3.8) is 0 Å². The molecule has 0 amide bonds. The van der Waals surface area contributed by atoms with Gasteiger partial charge in [-0.2, -0.15) is 0 Å². The number of rotatable bonds is 2. The van der Waals surface area contributed by atoms with Gasteiger partial charge < -0.3 is 5.11 Å². The lowest BCUT2D eigenvalue weighted by Crippen LogP contribution is -2.45. The van der Waals surface area contributed by atoms with Crippen LogP contribution in [0.15, 0.2) is 0 Å². The van der Waals surface area contributed by atoms with E-state index in [0.29, 0.717) is 0 Å². The predicted octanol–water partition coefficient (Wildman–Crippen LogP) is 0.945. The number of halogens is 1. The molecule has 0 aromatic rings. The lowest BCUT2D eigenvalue weighted by molar-refractivity contribution is 0.0708. The summed E-state index contributed by atoms with van der Waals surface area (Å²) < 4.78 is 12.5. The first kappa shape index (κ1) is 8.45. The quantitative estimate of drug-likeness (QED) is 0.672. The first-order chi connectivity index (χ1) is 5.82. The molecule has 2 aliphatic heterocycles. The van der Waals surface area contributed by atoms with Crippen molar-refractivity contribution >= 4 is 0 Å². The third kappa shape index (κ3) is 0.995. The molecular weight excluding hydrogens is 157 g/mol. The maximum atomic E-state index is 12.5. The van der Waals surface area contributed by atoms with Crippen molar-refractivity contribution in [2.24, 2.45) is 0 Å². The molecule has 0 radical (unpaired) electrons. The molecule has 2 nitrogen and oxygen atoms in total. The van der Waals surface area contributed by atoms with Crippen LogP contribution < -0.4 is 0 Å². The number of aliphatic hydroxyl groups is 1. The minimum atomic E-state index is -0.248. The van der Waals surface area contributed by atoms with E-state index in [9.17, 15) is 9.50 Å². The lowest BCUT2D eigenvalue weighted by atomic mass is 9.95. The largest absolute Gasteiger partial charge is 0.394 e. The predicted molar refractivity (Wildman–Crippen MR) is 44.8 cm³/mol. The van der Waals surface area contributed by atoms with E-state index in [1.165, 1.54) is 0 Å². The zero-order valence-electron chi connectivity index (χ0n) is 7.30. The summed E-state index contributed by atoms with van der Waals surface area (Å²) in [6.45, 7) is 0.945. The Hall–Kier alpha value is -0.150. The molecule has 70 valence electrons. The molecule has 2 atom stereocenters. The van der Waals surface area contributed by atoms with Crippen LogP contribution in [-0.2, 0) is 0 Å². The molecule has 2 rings (SSSR count). The minimum absolute atomic E-state index is 0.0310. The van der Waals surface area contributed by atoms with Gasteiger partial charge in [0.1, 0.15) is 6.67 Å². The van der Waals surface area contributed by atoms with Gasteiger partial charge in [-0.1, -0.05) is 0 Å². The van der Waals surface area contributed by atoms with Crippen LogP contribution >= 0.6 is 0 Å². The van der Waals surface area contributed by atoms with Gasteiger partial charge in [-0.05, 0) is 32.2 Å². The van der Waals surface area contributed by atoms with E-state index in [1.807, 2.05) is 0 Å². The molecule has 2 heterocycles. The van der Waals surface area contributed by atoms with E-state index in [4.69, 9.17) is 0 Å². The number of hydrogen-bond acceptors (Lipinski definition) is 2. The van der Waals surface area contributed by atoms with Gasteiger partial charge in [0.2, 0.25) is 0 Å². The van der Waals surface area contributed by atoms with Crippen LogP contribution in [0.4, 0.5) is 4.39 Å². The summed E-state index contributed by atoms with van der Waals surface area (Å²) in [6, 6.07) is 0.0969. The molecule has 0 bridgehead atoms. The summed E-state index contributed by atoms with van der Waals surface area (Å²) in [7, 11) is 0. The molecular formula is C9H16FNO. The fourth-order valence-corrected chi connectivity index (χ4v) is 2.80. The van der Waals surface area contributed by atoms with E-state index in [2.05, 4.69) is 4.90 Å². The highest BCUT2D eigenvalue weighted by Crippen LogP contribution is 2.41. The molecule has 0 unspecified atom stereocenters. The third-order valence-corrected chi connectivity index (χ3v) is 3.51. The van der Waals surface area contributed by atoms with Crippen LogP contribution in [0.1, 0.15) is 25.7 Å². The summed E-state index contributed by atoms with van der Waals surface area (Å²) in [5.74, 6) is 0. The fraction of sp³-hybridized carbons (Fsp3) is 1.00. The molecule has 0 aliphatic carbocycles. The van der Waals surface area contributed by atoms with E-state index < -0.39 is 0 Å². The maximum Gasteiger partial charge on any atom is 0.105 e. The Balaban J connectivity index is 2.14. The van der Waals surface area contributed by atoms with E-state index >= 15 is 0 Å². The van der Waals surface area contributed by atoms with Crippen molar-refractivity contribution in [3.05, 3.63) is 0 Å². The summed E-state index contributed by atoms with van der Waals surface area (Å²) in [4.78, 5) is 2.19. The van der Waals surface area contributed by atoms with Gasteiger partial charge in [0.25, 0.3) is 0 Å². The van der Waals surface area contributed by atoms with Crippen molar-refractivity contribution in [2.75, 3.05) is 19.8 Å². The van der Waals surface area contributed by atoms with Crippen LogP contribution in [0.25, 0.3) is 0 Å². The van der Waals surface area contributed by atoms with Gasteiger partial charge in [0, 0.05) is 11.6 Å². The van der Waals surface area contributed by atoms with Crippen LogP contribution in [0.5, 0.6) is 0 Å². The molecule has 1 N–H and O–H groups in total. The fourth-order valence-electron chi connectivity index (χ4n) is 2.80. The Bertz CT molecular complexity index is 176. The standard InChI is InChI=1S/C9H16FNO/c10-6-8-2-4-9(7-12)3-1-5-11(8)9/h8,12H,1-7H2/t8-,9-/m1/s1. The highest BCUT2D eigenvalue weighted by molar-refractivity contribution is 5.03. The van der Waals surface area contributed by atoms with Gasteiger partial charge in [-0.25, -0.2) is 4.39 Å². The van der Waals surface area contributed by atoms with Crippen LogP contribution in [0.3, 0.4) is 0 Å². The SMILES string of the molecule is OC[C@]12CCCN1[C@@H](CF)CC2. The van der Waals surface area contributed by atoms with Gasteiger partial charge in [-0.3, -0.25) is 4.90 Å². The summed E-state index contributed by atoms with van der Waals surface area (Å²) in [5, 5.41) is 9.28. The Morgan fingerprint density at radius 3 is 3.00 bits per heavy atom. The number of aliphatic hydroxyl groups excluding tert-OH is 1. The van der Waals surface area contributed by atoms with E-state index in [-0.39, 0.29) is 24.9 Å². The number of alkyl halides is 1. The van der Waals surface area contributed by atoms with Crippen molar-refractivity contribution in [1.82, 2.24) is 4.90 Å². The second-order valence-electron chi connectivity index (χ2n) is 4.03. The molecule has 0 aromatic heterocycles. The Morgan fingerprint density at radius 1 is 1.50 bits per heavy atom. The van der Waals surface area contributed by atoms with Crippen LogP contribution in [-0.4, -0.2) is 41.4 Å². The van der Waals surface area contributed by atoms with Crippen molar-refractivity contribution in [1.29, 1.82) is 0 Å². The second kappa shape index (κ2) is 2.96. The Labute approximate surface area is 72.4 Å². The molecule has 2 saturated heterocycles. The molecule has 0 saturated carbocycles. The van der Waals surface area contributed by atoms with Crippen molar-refractivity contribution < 1.29 is 9.50 Å². The summed E-state index contributed by atoms with van der Waals surface area (Å²) in [6.07, 6.45) is 4.09. The average Bonchev–Trinajstić information content (AvgIpc) is 2.61. The zero-order chi connectivity index (χ0) is 8.60. The van der Waals surface area contributed by atoms with E-state index in [0.717, 1.165) is 32.2 Å². The summed E-state index contributed by atoms with van der Waals surface area (Å²) >= 11 is 0.